The highest BCUT2D eigenvalue weighted by molar-refractivity contribution is 9.09. The first-order valence-corrected chi connectivity index (χ1v) is 19.0. The number of nitrogens with zero attached hydrogens (tertiary/aromatic N) is 3. The number of aliphatic hydroxyl groups is 1. The number of rotatable bonds is 15. The zero-order valence-electron chi connectivity index (χ0n) is 30.8. The van der Waals surface area contributed by atoms with Crippen LogP contribution in [0.4, 0.5) is 0 Å². The maximum Gasteiger partial charge on any atom is 0.313 e. The van der Waals surface area contributed by atoms with Gasteiger partial charge in [0.15, 0.2) is 0 Å². The van der Waals surface area contributed by atoms with Crippen molar-refractivity contribution in [2.45, 2.75) is 99.7 Å². The highest BCUT2D eigenvalue weighted by atomic mass is 79.9. The Morgan fingerprint density at radius 3 is 2.31 bits per heavy atom. The number of allylic oxidation sites excluding steroid dienone is 1. The quantitative estimate of drug-likeness (QED) is 0.149. The van der Waals surface area contributed by atoms with Crippen LogP contribution in [0.3, 0.4) is 0 Å². The standard InChI is InChI=1S/C41H52BrN3O7/c1-8-10-21-31(47)43(7)26(3)34(28-19-15-12-16-20-28)51-39(50)32-33-37(48)45(29(25-46)23-27-17-13-11-14-18-27)36(41(33)24-30(42)35(32)52-41)38(49)44(22-9-2)40(4,5)6/h8-9,11-20,26,29-30,32-36,46H,1-2,10,21-25H2,3-7H3/t26-,29-,30?,32+,33-,34+,35+,36+,41-/m1/s1. The lowest BCUT2D eigenvalue weighted by Crippen LogP contribution is -2.62. The summed E-state index contributed by atoms with van der Waals surface area (Å²) in [6.07, 6.45) is 3.11. The van der Waals surface area contributed by atoms with Gasteiger partial charge in [-0.15, -0.1) is 13.2 Å². The van der Waals surface area contributed by atoms with Gasteiger partial charge < -0.3 is 29.3 Å². The summed E-state index contributed by atoms with van der Waals surface area (Å²) in [4.78, 5) is 62.0. The van der Waals surface area contributed by atoms with Crippen molar-refractivity contribution in [3.63, 3.8) is 0 Å². The van der Waals surface area contributed by atoms with E-state index in [-0.39, 0.29) is 29.6 Å². The molecule has 2 aromatic carbocycles. The van der Waals surface area contributed by atoms with Crippen LogP contribution in [0.15, 0.2) is 86.0 Å². The van der Waals surface area contributed by atoms with Gasteiger partial charge in [-0.3, -0.25) is 19.2 Å². The Morgan fingerprint density at radius 2 is 1.73 bits per heavy atom. The van der Waals surface area contributed by atoms with Crippen molar-refractivity contribution >= 4 is 39.6 Å². The Balaban J connectivity index is 1.56. The summed E-state index contributed by atoms with van der Waals surface area (Å²) in [5.41, 5.74) is -0.419. The maximum absolute atomic E-state index is 15.0. The number of likely N-dealkylation sites (N-methyl/N-ethyl adjacent to an activating group) is 1. The van der Waals surface area contributed by atoms with Gasteiger partial charge in [0.25, 0.3) is 0 Å². The van der Waals surface area contributed by atoms with E-state index in [1.165, 1.54) is 4.90 Å². The minimum Gasteiger partial charge on any atom is -0.455 e. The minimum atomic E-state index is -1.36. The van der Waals surface area contributed by atoms with Crippen LogP contribution in [-0.4, -0.2) is 104 Å². The summed E-state index contributed by atoms with van der Waals surface area (Å²) < 4.78 is 13.2. The SMILES string of the molecule is C=CCCC(=O)N(C)[C@H](C)[C@H](OC(=O)[C@@H]1[C@H]2O[C@@]3(CC2Br)[C@H](C(=O)N(CC=C)C(C)(C)C)N([C@@H](CO)Cc2ccccc2)C(=O)[C@@H]13)c1ccccc1. The maximum atomic E-state index is 15.0. The van der Waals surface area contributed by atoms with Crippen LogP contribution in [0.25, 0.3) is 0 Å². The fraction of sp³-hybridized carbons (Fsp3) is 0.512. The molecule has 280 valence electrons. The monoisotopic (exact) mass is 777 g/mol. The smallest absolute Gasteiger partial charge is 0.313 e. The molecule has 52 heavy (non-hydrogen) atoms. The molecule has 0 aliphatic carbocycles. The van der Waals surface area contributed by atoms with Gasteiger partial charge in [0.2, 0.25) is 17.7 Å². The molecule has 2 aromatic rings. The largest absolute Gasteiger partial charge is 0.455 e. The number of ether oxygens (including phenoxy) is 2. The number of benzene rings is 2. The average Bonchev–Trinajstić information content (AvgIpc) is 3.73. The Labute approximate surface area is 315 Å². The van der Waals surface area contributed by atoms with E-state index in [0.717, 1.165) is 5.56 Å². The summed E-state index contributed by atoms with van der Waals surface area (Å²) in [6.45, 7) is 15.0. The Hall–Kier alpha value is -3.80. The molecular weight excluding hydrogens is 726 g/mol. The fourth-order valence-electron chi connectivity index (χ4n) is 8.24. The molecule has 10 nitrogen and oxygen atoms in total. The van der Waals surface area contributed by atoms with E-state index in [1.807, 2.05) is 88.4 Å². The molecule has 3 aliphatic heterocycles. The number of hydrogen-bond acceptors (Lipinski definition) is 7. The van der Waals surface area contributed by atoms with E-state index < -0.39 is 71.8 Å². The second-order valence-corrected chi connectivity index (χ2v) is 16.4. The van der Waals surface area contributed by atoms with E-state index in [2.05, 4.69) is 29.1 Å². The first-order chi connectivity index (χ1) is 24.7. The normalized spacial score (nSPS) is 26.6. The Morgan fingerprint density at radius 1 is 1.10 bits per heavy atom. The van der Waals surface area contributed by atoms with Crippen LogP contribution in [0.5, 0.6) is 0 Å². The van der Waals surface area contributed by atoms with Crippen molar-refractivity contribution in [1.29, 1.82) is 0 Å². The molecule has 3 fully saturated rings. The van der Waals surface area contributed by atoms with Crippen LogP contribution in [0.2, 0.25) is 0 Å². The lowest BCUT2D eigenvalue weighted by Gasteiger charge is -2.43. The minimum absolute atomic E-state index is 0.119. The van der Waals surface area contributed by atoms with Crippen molar-refractivity contribution < 1.29 is 33.8 Å². The van der Waals surface area contributed by atoms with Crippen molar-refractivity contribution in [2.24, 2.45) is 11.8 Å². The predicted octanol–water partition coefficient (Wildman–Crippen LogP) is 5.25. The molecule has 9 atom stereocenters. The number of esters is 1. The van der Waals surface area contributed by atoms with Crippen LogP contribution < -0.4 is 0 Å². The highest BCUT2D eigenvalue weighted by Crippen LogP contribution is 2.61. The van der Waals surface area contributed by atoms with Gasteiger partial charge in [0, 0.05) is 30.4 Å². The lowest BCUT2D eigenvalue weighted by molar-refractivity contribution is -0.165. The van der Waals surface area contributed by atoms with Crippen LogP contribution in [0.1, 0.15) is 64.2 Å². The third kappa shape index (κ3) is 7.37. The van der Waals surface area contributed by atoms with E-state index in [1.54, 1.807) is 29.0 Å². The molecule has 1 N–H and O–H groups in total. The van der Waals surface area contributed by atoms with E-state index >= 15 is 0 Å². The number of halogens is 1. The summed E-state index contributed by atoms with van der Waals surface area (Å²) in [5.74, 6) is -3.61. The van der Waals surface area contributed by atoms with Gasteiger partial charge in [-0.1, -0.05) is 88.7 Å². The molecule has 1 unspecified atom stereocenters. The number of carbonyl (C=O) groups excluding carboxylic acids is 4. The molecule has 0 aromatic heterocycles. The van der Waals surface area contributed by atoms with E-state index in [0.29, 0.717) is 24.8 Å². The zero-order chi connectivity index (χ0) is 38.0. The number of amides is 3. The number of fused-ring (bicyclic) bond motifs is 1. The van der Waals surface area contributed by atoms with Crippen molar-refractivity contribution in [3.05, 3.63) is 97.1 Å². The summed E-state index contributed by atoms with van der Waals surface area (Å²) >= 11 is 3.76. The first-order valence-electron chi connectivity index (χ1n) is 18.0. The molecule has 3 amide bonds. The van der Waals surface area contributed by atoms with Crippen LogP contribution in [-0.2, 0) is 35.1 Å². The number of aliphatic hydroxyl groups excluding tert-OH is 1. The zero-order valence-corrected chi connectivity index (χ0v) is 32.4. The molecule has 3 saturated heterocycles. The van der Waals surface area contributed by atoms with Gasteiger partial charge in [0.05, 0.1) is 36.6 Å². The third-order valence-electron chi connectivity index (χ3n) is 10.9. The van der Waals surface area contributed by atoms with Crippen molar-refractivity contribution in [3.8, 4) is 0 Å². The predicted molar refractivity (Wildman–Crippen MR) is 202 cm³/mol. The second-order valence-electron chi connectivity index (χ2n) is 15.2. The highest BCUT2D eigenvalue weighted by Gasteiger charge is 2.78. The molecule has 0 radical (unpaired) electrons. The molecular formula is C41H52BrN3O7. The molecule has 3 heterocycles. The molecule has 5 rings (SSSR count). The van der Waals surface area contributed by atoms with Crippen molar-refractivity contribution in [2.75, 3.05) is 20.2 Å². The van der Waals surface area contributed by atoms with Crippen LogP contribution in [0, 0.1) is 11.8 Å². The average molecular weight is 779 g/mol. The van der Waals surface area contributed by atoms with Gasteiger partial charge in [-0.05, 0) is 58.1 Å². The summed E-state index contributed by atoms with van der Waals surface area (Å²) in [7, 11) is 1.69. The van der Waals surface area contributed by atoms with Crippen LogP contribution >= 0.6 is 15.9 Å². The first kappa shape index (κ1) is 39.4. The fourth-order valence-corrected chi connectivity index (χ4v) is 9.18. The molecule has 1 spiro atoms. The Bertz CT molecular complexity index is 1630. The summed E-state index contributed by atoms with van der Waals surface area (Å²) in [5, 5.41) is 10.9. The summed E-state index contributed by atoms with van der Waals surface area (Å²) in [6, 6.07) is 16.3. The van der Waals surface area contributed by atoms with Gasteiger partial charge in [0.1, 0.15) is 17.7 Å². The van der Waals surface area contributed by atoms with Gasteiger partial charge in [-0.25, -0.2) is 0 Å². The number of likely N-dealkylation sites (tertiary alicyclic amines) is 1. The number of hydrogen-bond donors (Lipinski definition) is 1. The topological polar surface area (TPSA) is 117 Å². The molecule has 2 bridgehead atoms. The lowest BCUT2D eigenvalue weighted by atomic mass is 9.70. The molecule has 0 saturated carbocycles. The van der Waals surface area contributed by atoms with Gasteiger partial charge >= 0.3 is 5.97 Å². The van der Waals surface area contributed by atoms with Crippen molar-refractivity contribution in [1.82, 2.24) is 14.7 Å². The van der Waals surface area contributed by atoms with Gasteiger partial charge in [-0.2, -0.15) is 0 Å². The molecule has 3 aliphatic rings. The second kappa shape index (κ2) is 16.1. The number of carbonyl (C=O) groups is 4. The van der Waals surface area contributed by atoms with E-state index in [9.17, 15) is 24.3 Å². The molecule has 11 heteroatoms. The third-order valence-corrected chi connectivity index (χ3v) is 11.8. The number of alkyl halides is 1. The van der Waals surface area contributed by atoms with E-state index in [4.69, 9.17) is 9.47 Å². The Kier molecular flexibility index (Phi) is 12.2.